The molecule has 0 spiro atoms. The van der Waals surface area contributed by atoms with Crippen molar-refractivity contribution in [3.05, 3.63) is 34.1 Å². The van der Waals surface area contributed by atoms with Gasteiger partial charge in [0.15, 0.2) is 0 Å². The lowest BCUT2D eigenvalue weighted by molar-refractivity contribution is 0.462. The van der Waals surface area contributed by atoms with E-state index in [0.29, 0.717) is 12.1 Å². The lowest BCUT2D eigenvalue weighted by Gasteiger charge is -2.22. The molecule has 1 fully saturated rings. The Bertz CT molecular complexity index is 376. The molecule has 16 heavy (non-hydrogen) atoms. The number of benzene rings is 1. The van der Waals surface area contributed by atoms with Crippen molar-refractivity contribution in [2.75, 3.05) is 0 Å². The highest BCUT2D eigenvalue weighted by atomic mass is 79.9. The Morgan fingerprint density at radius 1 is 1.38 bits per heavy atom. The van der Waals surface area contributed by atoms with Crippen molar-refractivity contribution >= 4 is 15.9 Å². The number of halogens is 2. The Hall–Kier alpha value is -0.410. The van der Waals surface area contributed by atoms with Gasteiger partial charge in [0, 0.05) is 16.6 Å². The second-order valence-corrected chi connectivity index (χ2v) is 5.60. The minimum absolute atomic E-state index is 0.111. The van der Waals surface area contributed by atoms with Crippen molar-refractivity contribution in [2.45, 2.75) is 44.7 Å². The molecule has 88 valence electrons. The maximum absolute atomic E-state index is 13.7. The van der Waals surface area contributed by atoms with E-state index in [1.54, 1.807) is 6.07 Å². The highest BCUT2D eigenvalue weighted by Gasteiger charge is 2.26. The van der Waals surface area contributed by atoms with Crippen LogP contribution in [0.3, 0.4) is 0 Å². The maximum Gasteiger partial charge on any atom is 0.126 e. The van der Waals surface area contributed by atoms with Crippen LogP contribution in [0.15, 0.2) is 22.7 Å². The fraction of sp³-hybridized carbons (Fsp3) is 0.538. The van der Waals surface area contributed by atoms with Gasteiger partial charge in [0.25, 0.3) is 0 Å². The van der Waals surface area contributed by atoms with Crippen LogP contribution in [0, 0.1) is 5.82 Å². The zero-order valence-electron chi connectivity index (χ0n) is 9.63. The molecule has 0 heterocycles. The van der Waals surface area contributed by atoms with Crippen LogP contribution < -0.4 is 5.32 Å². The zero-order chi connectivity index (χ0) is 11.7. The van der Waals surface area contributed by atoms with Gasteiger partial charge in [-0.3, -0.25) is 0 Å². The van der Waals surface area contributed by atoms with E-state index in [0.717, 1.165) is 10.0 Å². The number of hydrogen-bond donors (Lipinski definition) is 1. The largest absolute Gasteiger partial charge is 0.311 e. The van der Waals surface area contributed by atoms with Gasteiger partial charge in [0.05, 0.1) is 0 Å². The fourth-order valence-electron chi connectivity index (χ4n) is 1.90. The third-order valence-electron chi connectivity index (χ3n) is 3.27. The molecule has 0 saturated heterocycles. The monoisotopic (exact) mass is 285 g/mol. The van der Waals surface area contributed by atoms with Gasteiger partial charge in [-0.2, -0.15) is 0 Å². The fourth-order valence-corrected chi connectivity index (χ4v) is 2.28. The smallest absolute Gasteiger partial charge is 0.126 e. The van der Waals surface area contributed by atoms with Gasteiger partial charge in [0.2, 0.25) is 0 Å². The SMILES string of the molecule is CC(NC1CC1)C(C)c1cc(Br)ccc1F. The Morgan fingerprint density at radius 3 is 2.69 bits per heavy atom. The molecule has 1 N–H and O–H groups in total. The molecule has 1 nitrogen and oxygen atoms in total. The molecule has 3 heteroatoms. The molecule has 2 unspecified atom stereocenters. The van der Waals surface area contributed by atoms with Gasteiger partial charge in [-0.1, -0.05) is 22.9 Å². The lowest BCUT2D eigenvalue weighted by atomic mass is 9.94. The van der Waals surface area contributed by atoms with E-state index in [-0.39, 0.29) is 11.7 Å². The quantitative estimate of drug-likeness (QED) is 0.887. The maximum atomic E-state index is 13.7. The van der Waals surface area contributed by atoms with Gasteiger partial charge >= 0.3 is 0 Å². The first kappa shape index (κ1) is 12.1. The average molecular weight is 286 g/mol. The van der Waals surface area contributed by atoms with Crippen LogP contribution in [0.5, 0.6) is 0 Å². The first-order chi connectivity index (χ1) is 7.58. The molecule has 0 aromatic heterocycles. The van der Waals surface area contributed by atoms with Gasteiger partial charge < -0.3 is 5.32 Å². The number of nitrogens with one attached hydrogen (secondary N) is 1. The molecule has 1 aliphatic rings. The zero-order valence-corrected chi connectivity index (χ0v) is 11.2. The van der Waals surface area contributed by atoms with Crippen LogP contribution in [0.25, 0.3) is 0 Å². The average Bonchev–Trinajstić information content (AvgIpc) is 3.04. The summed E-state index contributed by atoms with van der Waals surface area (Å²) in [7, 11) is 0. The first-order valence-corrected chi connectivity index (χ1v) is 6.58. The summed E-state index contributed by atoms with van der Waals surface area (Å²) in [4.78, 5) is 0. The molecule has 2 atom stereocenters. The van der Waals surface area contributed by atoms with Crippen LogP contribution in [0.1, 0.15) is 38.2 Å². The summed E-state index contributed by atoms with van der Waals surface area (Å²) in [5, 5.41) is 3.52. The first-order valence-electron chi connectivity index (χ1n) is 5.79. The molecule has 0 bridgehead atoms. The Labute approximate surface area is 105 Å². The summed E-state index contributed by atoms with van der Waals surface area (Å²) >= 11 is 3.39. The molecular formula is C13H17BrFN. The van der Waals surface area contributed by atoms with Crippen LogP contribution in [0.4, 0.5) is 4.39 Å². The highest BCUT2D eigenvalue weighted by molar-refractivity contribution is 9.10. The van der Waals surface area contributed by atoms with Crippen molar-refractivity contribution in [1.82, 2.24) is 5.32 Å². The van der Waals surface area contributed by atoms with Gasteiger partial charge in [-0.25, -0.2) is 4.39 Å². The van der Waals surface area contributed by atoms with Crippen LogP contribution in [-0.2, 0) is 0 Å². The lowest BCUT2D eigenvalue weighted by Crippen LogP contribution is -2.32. The van der Waals surface area contributed by atoms with Crippen LogP contribution in [-0.4, -0.2) is 12.1 Å². The molecule has 2 rings (SSSR count). The van der Waals surface area contributed by atoms with Crippen molar-refractivity contribution in [1.29, 1.82) is 0 Å². The van der Waals surface area contributed by atoms with E-state index in [1.165, 1.54) is 18.9 Å². The van der Waals surface area contributed by atoms with Gasteiger partial charge in [0.1, 0.15) is 5.82 Å². The van der Waals surface area contributed by atoms with E-state index in [2.05, 4.69) is 35.1 Å². The number of rotatable bonds is 4. The second kappa shape index (κ2) is 4.84. The van der Waals surface area contributed by atoms with E-state index in [4.69, 9.17) is 0 Å². The third kappa shape index (κ3) is 2.83. The summed E-state index contributed by atoms with van der Waals surface area (Å²) in [6.45, 7) is 4.20. The summed E-state index contributed by atoms with van der Waals surface area (Å²) in [6.07, 6.45) is 2.52. The van der Waals surface area contributed by atoms with Gasteiger partial charge in [-0.15, -0.1) is 0 Å². The topological polar surface area (TPSA) is 12.0 Å². The van der Waals surface area contributed by atoms with Crippen LogP contribution >= 0.6 is 15.9 Å². The van der Waals surface area contributed by atoms with Crippen LogP contribution in [0.2, 0.25) is 0 Å². The molecule has 0 aliphatic heterocycles. The summed E-state index contributed by atoms with van der Waals surface area (Å²) in [5.74, 6) is 0.0817. The van der Waals surface area contributed by atoms with Crippen molar-refractivity contribution in [3.63, 3.8) is 0 Å². The van der Waals surface area contributed by atoms with Crippen molar-refractivity contribution in [3.8, 4) is 0 Å². The standard InChI is InChI=1S/C13H17BrFN/c1-8(9(2)16-11-4-5-11)12-7-10(14)3-6-13(12)15/h3,6-9,11,16H,4-5H2,1-2H3. The van der Waals surface area contributed by atoms with Crippen molar-refractivity contribution in [2.24, 2.45) is 0 Å². The Kier molecular flexibility index (Phi) is 3.65. The molecule has 0 amide bonds. The normalized spacial score (nSPS) is 19.5. The molecule has 1 aliphatic carbocycles. The summed E-state index contributed by atoms with van der Waals surface area (Å²) in [5.41, 5.74) is 0.787. The highest BCUT2D eigenvalue weighted by Crippen LogP contribution is 2.28. The molecule has 0 radical (unpaired) electrons. The summed E-state index contributed by atoms with van der Waals surface area (Å²) < 4.78 is 14.6. The van der Waals surface area contributed by atoms with Gasteiger partial charge in [-0.05, 0) is 49.4 Å². The van der Waals surface area contributed by atoms with Crippen molar-refractivity contribution < 1.29 is 4.39 Å². The Balaban J connectivity index is 2.11. The summed E-state index contributed by atoms with van der Waals surface area (Å²) in [6, 6.07) is 6.12. The van der Waals surface area contributed by atoms with E-state index < -0.39 is 0 Å². The molecule has 1 aromatic carbocycles. The van der Waals surface area contributed by atoms with E-state index in [9.17, 15) is 4.39 Å². The second-order valence-electron chi connectivity index (χ2n) is 4.68. The minimum Gasteiger partial charge on any atom is -0.311 e. The molecular weight excluding hydrogens is 269 g/mol. The molecule has 1 aromatic rings. The Morgan fingerprint density at radius 2 is 2.06 bits per heavy atom. The predicted molar refractivity (Wildman–Crippen MR) is 68.1 cm³/mol. The van der Waals surface area contributed by atoms with E-state index in [1.807, 2.05) is 6.07 Å². The molecule has 1 saturated carbocycles. The third-order valence-corrected chi connectivity index (χ3v) is 3.77. The number of hydrogen-bond acceptors (Lipinski definition) is 1. The van der Waals surface area contributed by atoms with E-state index >= 15 is 0 Å². The predicted octanol–water partition coefficient (Wildman–Crippen LogP) is 3.83. The minimum atomic E-state index is -0.111.